The van der Waals surface area contributed by atoms with E-state index in [-0.39, 0.29) is 24.6 Å². The van der Waals surface area contributed by atoms with E-state index in [0.717, 1.165) is 5.75 Å². The summed E-state index contributed by atoms with van der Waals surface area (Å²) in [5, 5.41) is 11.7. The average Bonchev–Trinajstić information content (AvgIpc) is 2.36. The predicted octanol–water partition coefficient (Wildman–Crippen LogP) is 1.01. The van der Waals surface area contributed by atoms with E-state index in [9.17, 15) is 9.59 Å². The van der Waals surface area contributed by atoms with Crippen LogP contribution in [0.3, 0.4) is 0 Å². The number of nitrogens with zero attached hydrogens (tertiary/aromatic N) is 1. The maximum absolute atomic E-state index is 12.1. The van der Waals surface area contributed by atoms with Crippen molar-refractivity contribution in [2.75, 3.05) is 31.2 Å². The fourth-order valence-electron chi connectivity index (χ4n) is 1.97. The topological polar surface area (TPSA) is 78.9 Å². The molecule has 0 aliphatic carbocycles. The highest BCUT2D eigenvalue weighted by Gasteiger charge is 2.28. The number of carboxylic acid groups (broad SMARTS) is 1. The molecule has 0 radical (unpaired) electrons. The minimum absolute atomic E-state index is 0.00142. The molecule has 2 atom stereocenters. The number of carbonyl (C=O) groups excluding carboxylic acids is 1. The second kappa shape index (κ2) is 8.27. The van der Waals surface area contributed by atoms with Crippen LogP contribution in [0, 0.1) is 0 Å². The lowest BCUT2D eigenvalue weighted by molar-refractivity contribution is -0.138. The van der Waals surface area contributed by atoms with E-state index in [0.29, 0.717) is 25.4 Å². The van der Waals surface area contributed by atoms with Crippen LogP contribution in [0.1, 0.15) is 20.3 Å². The molecular formula is C12H22N2O4S. The number of aliphatic carboxylic acids is 1. The van der Waals surface area contributed by atoms with Gasteiger partial charge in [-0.3, -0.25) is 4.79 Å². The molecule has 110 valence electrons. The molecule has 1 rings (SSSR count). The summed E-state index contributed by atoms with van der Waals surface area (Å²) < 4.78 is 5.34. The third-order valence-corrected chi connectivity index (χ3v) is 3.98. The zero-order valence-corrected chi connectivity index (χ0v) is 12.2. The van der Waals surface area contributed by atoms with Gasteiger partial charge in [0.1, 0.15) is 0 Å². The first kappa shape index (κ1) is 16.1. The number of rotatable bonds is 6. The molecule has 19 heavy (non-hydrogen) atoms. The molecule has 1 heterocycles. The Kier molecular flexibility index (Phi) is 7.01. The summed E-state index contributed by atoms with van der Waals surface area (Å²) in [5.41, 5.74) is 0. The molecular weight excluding hydrogens is 268 g/mol. The van der Waals surface area contributed by atoms with Crippen LogP contribution >= 0.6 is 11.8 Å². The van der Waals surface area contributed by atoms with E-state index < -0.39 is 5.97 Å². The van der Waals surface area contributed by atoms with Crippen LogP contribution in [0.5, 0.6) is 0 Å². The third-order valence-electron chi connectivity index (χ3n) is 2.89. The first-order valence-electron chi connectivity index (χ1n) is 6.50. The molecule has 0 bridgehead atoms. The zero-order valence-electron chi connectivity index (χ0n) is 11.4. The Hall–Kier alpha value is -0.950. The van der Waals surface area contributed by atoms with Gasteiger partial charge < -0.3 is 20.1 Å². The molecule has 0 aromatic carbocycles. The summed E-state index contributed by atoms with van der Waals surface area (Å²) in [6, 6.07) is -0.420. The second-order valence-electron chi connectivity index (χ2n) is 4.47. The van der Waals surface area contributed by atoms with Gasteiger partial charge in [0, 0.05) is 31.2 Å². The van der Waals surface area contributed by atoms with Crippen molar-refractivity contribution in [1.29, 1.82) is 0 Å². The van der Waals surface area contributed by atoms with E-state index in [2.05, 4.69) is 5.32 Å². The number of urea groups is 1. The lowest BCUT2D eigenvalue weighted by atomic mass is 10.2. The Morgan fingerprint density at radius 3 is 2.95 bits per heavy atom. The van der Waals surface area contributed by atoms with Gasteiger partial charge >= 0.3 is 12.0 Å². The number of ether oxygens (including phenoxy) is 1. The quantitative estimate of drug-likeness (QED) is 0.763. The highest BCUT2D eigenvalue weighted by Crippen LogP contribution is 2.19. The second-order valence-corrected chi connectivity index (χ2v) is 5.62. The van der Waals surface area contributed by atoms with E-state index >= 15 is 0 Å². The fraction of sp³-hybridized carbons (Fsp3) is 0.833. The van der Waals surface area contributed by atoms with Gasteiger partial charge in [0.25, 0.3) is 0 Å². The van der Waals surface area contributed by atoms with Crippen molar-refractivity contribution in [3.8, 4) is 0 Å². The molecule has 1 fully saturated rings. The molecule has 0 aromatic rings. The summed E-state index contributed by atoms with van der Waals surface area (Å²) in [7, 11) is 0. The molecule has 0 saturated carbocycles. The first-order valence-corrected chi connectivity index (χ1v) is 7.65. The van der Waals surface area contributed by atoms with Crippen molar-refractivity contribution in [2.45, 2.75) is 32.4 Å². The van der Waals surface area contributed by atoms with Crippen molar-refractivity contribution in [2.24, 2.45) is 0 Å². The summed E-state index contributed by atoms with van der Waals surface area (Å²) in [6.07, 6.45) is -0.0347. The Balaban J connectivity index is 2.45. The van der Waals surface area contributed by atoms with Gasteiger partial charge in [0.2, 0.25) is 0 Å². The normalized spacial score (nSPS) is 20.9. The van der Waals surface area contributed by atoms with E-state index in [1.54, 1.807) is 16.7 Å². The van der Waals surface area contributed by atoms with Gasteiger partial charge in [0.05, 0.1) is 18.6 Å². The number of amides is 2. The van der Waals surface area contributed by atoms with Gasteiger partial charge in [-0.05, 0) is 13.8 Å². The predicted molar refractivity (Wildman–Crippen MR) is 74.6 cm³/mol. The van der Waals surface area contributed by atoms with E-state index in [1.807, 2.05) is 13.8 Å². The Morgan fingerprint density at radius 1 is 1.58 bits per heavy atom. The van der Waals surface area contributed by atoms with Crippen LogP contribution in [-0.2, 0) is 9.53 Å². The van der Waals surface area contributed by atoms with Crippen LogP contribution in [0.25, 0.3) is 0 Å². The number of hydrogen-bond acceptors (Lipinski definition) is 4. The maximum atomic E-state index is 12.1. The van der Waals surface area contributed by atoms with Crippen molar-refractivity contribution in [1.82, 2.24) is 10.2 Å². The monoisotopic (exact) mass is 290 g/mol. The molecule has 0 aromatic heterocycles. The maximum Gasteiger partial charge on any atom is 0.317 e. The highest BCUT2D eigenvalue weighted by atomic mass is 32.2. The molecule has 6 nitrogen and oxygen atoms in total. The molecule has 1 saturated heterocycles. The Morgan fingerprint density at radius 2 is 2.32 bits per heavy atom. The highest BCUT2D eigenvalue weighted by molar-refractivity contribution is 7.99. The molecule has 2 unspecified atom stereocenters. The molecule has 7 heteroatoms. The first-order chi connectivity index (χ1) is 9.04. The van der Waals surface area contributed by atoms with Crippen LogP contribution < -0.4 is 5.32 Å². The number of nitrogens with one attached hydrogen (secondary N) is 1. The van der Waals surface area contributed by atoms with Crippen molar-refractivity contribution in [3.05, 3.63) is 0 Å². The number of carboxylic acids is 1. The SMILES string of the molecule is CCOC(C)CNC(=O)N1CCSCC1CC(=O)O. The molecule has 2 N–H and O–H groups in total. The van der Waals surface area contributed by atoms with Gasteiger partial charge in [-0.25, -0.2) is 4.79 Å². The minimum Gasteiger partial charge on any atom is -0.481 e. The number of hydrogen-bond donors (Lipinski definition) is 2. The Labute approximate surface area is 117 Å². The lowest BCUT2D eigenvalue weighted by Gasteiger charge is -2.34. The fourth-order valence-corrected chi connectivity index (χ4v) is 3.03. The zero-order chi connectivity index (χ0) is 14.3. The van der Waals surface area contributed by atoms with E-state index in [1.165, 1.54) is 0 Å². The van der Waals surface area contributed by atoms with Gasteiger partial charge in [-0.1, -0.05) is 0 Å². The summed E-state index contributed by atoms with van der Waals surface area (Å²) in [4.78, 5) is 24.5. The standard InChI is InChI=1S/C12H22N2O4S/c1-3-18-9(2)7-13-12(17)14-4-5-19-8-10(14)6-11(15)16/h9-10H,3-8H2,1-2H3,(H,13,17)(H,15,16). The molecule has 2 amide bonds. The number of thioether (sulfide) groups is 1. The van der Waals surface area contributed by atoms with Gasteiger partial charge in [0.15, 0.2) is 0 Å². The Bertz CT molecular complexity index is 314. The summed E-state index contributed by atoms with van der Waals surface area (Å²) in [6.45, 7) is 5.44. The largest absolute Gasteiger partial charge is 0.481 e. The summed E-state index contributed by atoms with van der Waals surface area (Å²) >= 11 is 1.69. The van der Waals surface area contributed by atoms with Gasteiger partial charge in [-0.2, -0.15) is 11.8 Å². The van der Waals surface area contributed by atoms with Crippen molar-refractivity contribution >= 4 is 23.8 Å². The molecule has 0 spiro atoms. The smallest absolute Gasteiger partial charge is 0.317 e. The van der Waals surface area contributed by atoms with Crippen molar-refractivity contribution < 1.29 is 19.4 Å². The number of carbonyl (C=O) groups is 2. The van der Waals surface area contributed by atoms with Crippen LogP contribution in [0.2, 0.25) is 0 Å². The third kappa shape index (κ3) is 5.69. The molecule has 1 aliphatic heterocycles. The van der Waals surface area contributed by atoms with Crippen LogP contribution in [-0.4, -0.2) is 65.4 Å². The van der Waals surface area contributed by atoms with Gasteiger partial charge in [-0.15, -0.1) is 0 Å². The minimum atomic E-state index is -0.868. The van der Waals surface area contributed by atoms with Crippen LogP contribution in [0.15, 0.2) is 0 Å². The average molecular weight is 290 g/mol. The summed E-state index contributed by atoms with van der Waals surface area (Å²) in [5.74, 6) is 0.665. The van der Waals surface area contributed by atoms with Crippen LogP contribution in [0.4, 0.5) is 4.79 Å². The van der Waals surface area contributed by atoms with Crippen molar-refractivity contribution in [3.63, 3.8) is 0 Å². The van der Waals surface area contributed by atoms with E-state index in [4.69, 9.17) is 9.84 Å². The molecule has 1 aliphatic rings. The lowest BCUT2D eigenvalue weighted by Crippen LogP contribution is -2.52.